The molecule has 0 aromatic rings. The van der Waals surface area contributed by atoms with Crippen LogP contribution in [0.3, 0.4) is 0 Å². The number of carbonyl (C=O) groups excluding carboxylic acids is 1. The van der Waals surface area contributed by atoms with E-state index in [1.807, 2.05) is 4.90 Å². The van der Waals surface area contributed by atoms with E-state index in [1.165, 1.54) is 12.8 Å². The molecule has 0 aromatic heterocycles. The smallest absolute Gasteiger partial charge is 0.248 e. The minimum absolute atomic E-state index is 0.155. The number of amides is 1. The van der Waals surface area contributed by atoms with E-state index in [1.54, 1.807) is 0 Å². The second kappa shape index (κ2) is 6.53. The zero-order chi connectivity index (χ0) is 13.0. The summed E-state index contributed by atoms with van der Waals surface area (Å²) in [5, 5.41) is 3.30. The molecule has 1 heterocycles. The van der Waals surface area contributed by atoms with Gasteiger partial charge in [0.1, 0.15) is 6.61 Å². The molecule has 1 aliphatic heterocycles. The molecule has 0 aromatic carbocycles. The number of nitrogens with zero attached hydrogens (tertiary/aromatic N) is 1. The van der Waals surface area contributed by atoms with Crippen molar-refractivity contribution in [3.8, 4) is 0 Å². The molecule has 1 N–H and O–H groups in total. The fraction of sp³-hybridized carbons (Fsp3) is 0.929. The lowest BCUT2D eigenvalue weighted by atomic mass is 9.89. The summed E-state index contributed by atoms with van der Waals surface area (Å²) in [6, 6.07) is 0.292. The first kappa shape index (κ1) is 13.8. The fourth-order valence-corrected chi connectivity index (χ4v) is 3.01. The van der Waals surface area contributed by atoms with Crippen molar-refractivity contribution >= 4 is 5.91 Å². The van der Waals surface area contributed by atoms with Crippen molar-refractivity contribution in [1.82, 2.24) is 10.2 Å². The Bertz CT molecular complexity index is 283. The van der Waals surface area contributed by atoms with Crippen molar-refractivity contribution in [2.24, 2.45) is 5.92 Å². The van der Waals surface area contributed by atoms with Gasteiger partial charge < -0.3 is 15.0 Å². The minimum atomic E-state index is 0.155. The molecule has 1 saturated carbocycles. The Labute approximate surface area is 110 Å². The summed E-state index contributed by atoms with van der Waals surface area (Å²) < 4.78 is 5.81. The largest absolute Gasteiger partial charge is 0.368 e. The average Bonchev–Trinajstić information content (AvgIpc) is 2.37. The lowest BCUT2D eigenvalue weighted by molar-refractivity contribution is -0.142. The maximum Gasteiger partial charge on any atom is 0.248 e. The van der Waals surface area contributed by atoms with Gasteiger partial charge in [-0.2, -0.15) is 0 Å². The first-order valence-corrected chi connectivity index (χ1v) is 7.28. The van der Waals surface area contributed by atoms with Crippen LogP contribution in [0.2, 0.25) is 0 Å². The van der Waals surface area contributed by atoms with Crippen molar-refractivity contribution in [2.75, 3.05) is 26.2 Å². The van der Waals surface area contributed by atoms with Crippen molar-refractivity contribution < 1.29 is 9.53 Å². The van der Waals surface area contributed by atoms with Crippen LogP contribution < -0.4 is 5.32 Å². The molecule has 0 bridgehead atoms. The van der Waals surface area contributed by atoms with Crippen LogP contribution in [0.5, 0.6) is 0 Å². The molecule has 4 heteroatoms. The number of hydrogen-bond donors (Lipinski definition) is 1. The summed E-state index contributed by atoms with van der Waals surface area (Å²) in [6.07, 6.45) is 5.09. The van der Waals surface area contributed by atoms with Gasteiger partial charge in [-0.1, -0.05) is 19.8 Å². The lowest BCUT2D eigenvalue weighted by Gasteiger charge is -2.34. The topological polar surface area (TPSA) is 41.6 Å². The van der Waals surface area contributed by atoms with Crippen molar-refractivity contribution in [3.63, 3.8) is 0 Å². The van der Waals surface area contributed by atoms with Crippen LogP contribution >= 0.6 is 0 Å². The third kappa shape index (κ3) is 3.69. The van der Waals surface area contributed by atoms with E-state index in [4.69, 9.17) is 4.74 Å². The van der Waals surface area contributed by atoms with E-state index in [9.17, 15) is 4.79 Å². The number of rotatable bonds is 3. The predicted octanol–water partition coefficient (Wildman–Crippen LogP) is 1.40. The maximum absolute atomic E-state index is 12.1. The van der Waals surface area contributed by atoms with Gasteiger partial charge in [0, 0.05) is 25.7 Å². The molecular weight excluding hydrogens is 228 g/mol. The van der Waals surface area contributed by atoms with Crippen LogP contribution in [0.1, 0.15) is 39.5 Å². The van der Waals surface area contributed by atoms with E-state index in [0.29, 0.717) is 12.1 Å². The van der Waals surface area contributed by atoms with Gasteiger partial charge in [-0.05, 0) is 25.7 Å². The SMILES string of the molecule is C[C@@H]1CCC[C@@H](OCC(=O)N2CCNC[C@@H]2C)C1. The summed E-state index contributed by atoms with van der Waals surface area (Å²) in [5.74, 6) is 0.902. The molecule has 2 fully saturated rings. The normalized spacial score (nSPS) is 33.4. The molecule has 18 heavy (non-hydrogen) atoms. The van der Waals surface area contributed by atoms with Crippen LogP contribution in [0, 0.1) is 5.92 Å². The van der Waals surface area contributed by atoms with Crippen molar-refractivity contribution in [1.29, 1.82) is 0 Å². The molecule has 1 aliphatic carbocycles. The third-order valence-electron chi connectivity index (χ3n) is 4.15. The standard InChI is InChI=1S/C14H26N2O2/c1-11-4-3-5-13(8-11)18-10-14(17)16-7-6-15-9-12(16)2/h11-13,15H,3-10H2,1-2H3/t11-,12+,13-/m1/s1. The Morgan fingerprint density at radius 1 is 1.39 bits per heavy atom. The van der Waals surface area contributed by atoms with Crippen LogP contribution in [0.4, 0.5) is 0 Å². The number of piperazine rings is 1. The van der Waals surface area contributed by atoms with E-state index in [2.05, 4.69) is 19.2 Å². The van der Waals surface area contributed by atoms with E-state index >= 15 is 0 Å². The highest BCUT2D eigenvalue weighted by Gasteiger charge is 2.25. The Morgan fingerprint density at radius 3 is 2.94 bits per heavy atom. The molecule has 0 unspecified atom stereocenters. The van der Waals surface area contributed by atoms with Crippen molar-refractivity contribution in [2.45, 2.75) is 51.7 Å². The second-order valence-corrected chi connectivity index (χ2v) is 5.85. The number of hydrogen-bond acceptors (Lipinski definition) is 3. The molecule has 0 radical (unpaired) electrons. The molecular formula is C14H26N2O2. The van der Waals surface area contributed by atoms with Crippen LogP contribution in [-0.4, -0.2) is 49.2 Å². The molecule has 0 spiro atoms. The second-order valence-electron chi connectivity index (χ2n) is 5.85. The Hall–Kier alpha value is -0.610. The minimum Gasteiger partial charge on any atom is -0.368 e. The molecule has 1 amide bonds. The first-order valence-electron chi connectivity index (χ1n) is 7.28. The molecule has 3 atom stereocenters. The summed E-state index contributed by atoms with van der Waals surface area (Å²) >= 11 is 0. The summed E-state index contributed by atoms with van der Waals surface area (Å²) in [4.78, 5) is 14.1. The van der Waals surface area contributed by atoms with Gasteiger partial charge in [-0.25, -0.2) is 0 Å². The highest BCUT2D eigenvalue weighted by atomic mass is 16.5. The molecule has 104 valence electrons. The molecule has 4 nitrogen and oxygen atoms in total. The average molecular weight is 254 g/mol. The first-order chi connectivity index (χ1) is 8.66. The number of ether oxygens (including phenoxy) is 1. The van der Waals surface area contributed by atoms with Crippen LogP contribution in [0.25, 0.3) is 0 Å². The van der Waals surface area contributed by atoms with Crippen LogP contribution in [0.15, 0.2) is 0 Å². The van der Waals surface area contributed by atoms with Gasteiger partial charge in [0.2, 0.25) is 5.91 Å². The summed E-state index contributed by atoms with van der Waals surface area (Å²) in [6.45, 7) is 7.23. The fourth-order valence-electron chi connectivity index (χ4n) is 3.01. The van der Waals surface area contributed by atoms with Crippen molar-refractivity contribution in [3.05, 3.63) is 0 Å². The van der Waals surface area contributed by atoms with Gasteiger partial charge in [-0.15, -0.1) is 0 Å². The Kier molecular flexibility index (Phi) is 5.01. The number of nitrogens with one attached hydrogen (secondary N) is 1. The van der Waals surface area contributed by atoms with Gasteiger partial charge in [0.05, 0.1) is 6.10 Å². The van der Waals surface area contributed by atoms with Gasteiger partial charge >= 0.3 is 0 Å². The van der Waals surface area contributed by atoms with E-state index in [-0.39, 0.29) is 12.5 Å². The summed E-state index contributed by atoms with van der Waals surface area (Å²) in [7, 11) is 0. The zero-order valence-corrected chi connectivity index (χ0v) is 11.7. The quantitative estimate of drug-likeness (QED) is 0.828. The van der Waals surface area contributed by atoms with E-state index in [0.717, 1.165) is 38.4 Å². The zero-order valence-electron chi connectivity index (χ0n) is 11.7. The maximum atomic E-state index is 12.1. The highest BCUT2D eigenvalue weighted by Crippen LogP contribution is 2.25. The Balaban J connectivity index is 1.73. The predicted molar refractivity (Wildman–Crippen MR) is 71.4 cm³/mol. The molecule has 1 saturated heterocycles. The van der Waals surface area contributed by atoms with Crippen LogP contribution in [-0.2, 0) is 9.53 Å². The number of carbonyl (C=O) groups is 1. The van der Waals surface area contributed by atoms with Gasteiger partial charge in [0.15, 0.2) is 0 Å². The van der Waals surface area contributed by atoms with Gasteiger partial charge in [0.25, 0.3) is 0 Å². The monoisotopic (exact) mass is 254 g/mol. The third-order valence-corrected chi connectivity index (χ3v) is 4.15. The van der Waals surface area contributed by atoms with E-state index < -0.39 is 0 Å². The lowest BCUT2D eigenvalue weighted by Crippen LogP contribution is -2.53. The Morgan fingerprint density at radius 2 is 2.22 bits per heavy atom. The van der Waals surface area contributed by atoms with Gasteiger partial charge in [-0.3, -0.25) is 4.79 Å². The summed E-state index contributed by atoms with van der Waals surface area (Å²) in [5.41, 5.74) is 0. The molecule has 2 aliphatic rings. The molecule has 2 rings (SSSR count). The highest BCUT2D eigenvalue weighted by molar-refractivity contribution is 5.77.